The van der Waals surface area contributed by atoms with E-state index in [1.807, 2.05) is 0 Å². The van der Waals surface area contributed by atoms with Crippen molar-refractivity contribution in [2.45, 2.75) is 70.8 Å². The Morgan fingerprint density at radius 1 is 1.10 bits per heavy atom. The van der Waals surface area contributed by atoms with Crippen LogP contribution < -0.4 is 10.6 Å². The van der Waals surface area contributed by atoms with Crippen LogP contribution >= 0.6 is 0 Å². The number of anilines is 2. The first-order valence-corrected chi connectivity index (χ1v) is 8.65. The normalized spacial score (nSPS) is 21.0. The Kier molecular flexibility index (Phi) is 4.61. The van der Waals surface area contributed by atoms with Gasteiger partial charge in [-0.15, -0.1) is 0 Å². The van der Waals surface area contributed by atoms with Crippen LogP contribution in [0.3, 0.4) is 0 Å². The second-order valence-electron chi connectivity index (χ2n) is 6.63. The summed E-state index contributed by atoms with van der Waals surface area (Å²) in [6.45, 7) is 5.32. The molecule has 0 radical (unpaired) electrons. The summed E-state index contributed by atoms with van der Waals surface area (Å²) < 4.78 is 0. The Morgan fingerprint density at radius 3 is 2.48 bits per heavy atom. The van der Waals surface area contributed by atoms with Crippen LogP contribution in [-0.2, 0) is 0 Å². The molecule has 0 saturated heterocycles. The Hall–Kier alpha value is -1.32. The molecule has 2 aliphatic carbocycles. The van der Waals surface area contributed by atoms with Gasteiger partial charge in [0, 0.05) is 24.6 Å². The van der Waals surface area contributed by atoms with Crippen LogP contribution in [-0.4, -0.2) is 22.6 Å². The Labute approximate surface area is 128 Å². The van der Waals surface area contributed by atoms with Gasteiger partial charge in [-0.25, -0.2) is 9.97 Å². The van der Waals surface area contributed by atoms with Gasteiger partial charge in [0.25, 0.3) is 0 Å². The Balaban J connectivity index is 1.70. The summed E-state index contributed by atoms with van der Waals surface area (Å²) in [7, 11) is 0. The molecular weight excluding hydrogens is 260 g/mol. The summed E-state index contributed by atoms with van der Waals surface area (Å²) in [6.07, 6.45) is 9.38. The minimum absolute atomic E-state index is 0.502. The third-order valence-electron chi connectivity index (χ3n) is 4.78. The number of nitrogens with zero attached hydrogens (tertiary/aromatic N) is 2. The number of aromatic nitrogens is 2. The van der Waals surface area contributed by atoms with Gasteiger partial charge in [0.05, 0.1) is 0 Å². The molecule has 0 bridgehead atoms. The average Bonchev–Trinajstić information content (AvgIpc) is 3.33. The lowest BCUT2D eigenvalue weighted by atomic mass is 9.84. The van der Waals surface area contributed by atoms with Crippen molar-refractivity contribution in [2.75, 3.05) is 17.2 Å². The average molecular weight is 288 g/mol. The van der Waals surface area contributed by atoms with E-state index in [0.717, 1.165) is 29.9 Å². The van der Waals surface area contributed by atoms with Gasteiger partial charge in [-0.3, -0.25) is 0 Å². The van der Waals surface area contributed by atoms with Gasteiger partial charge in [0.2, 0.25) is 0 Å². The van der Waals surface area contributed by atoms with Crippen LogP contribution in [0.1, 0.15) is 70.5 Å². The zero-order valence-corrected chi connectivity index (χ0v) is 13.4. The van der Waals surface area contributed by atoms with Crippen molar-refractivity contribution in [3.63, 3.8) is 0 Å². The molecule has 4 heteroatoms. The predicted octanol–water partition coefficient (Wildman–Crippen LogP) is 4.17. The number of nitrogens with one attached hydrogen (secondary N) is 2. The topological polar surface area (TPSA) is 49.8 Å². The summed E-state index contributed by atoms with van der Waals surface area (Å²) in [4.78, 5) is 9.39. The molecule has 4 nitrogen and oxygen atoms in total. The Bertz CT molecular complexity index is 464. The van der Waals surface area contributed by atoms with E-state index in [-0.39, 0.29) is 0 Å². The summed E-state index contributed by atoms with van der Waals surface area (Å²) in [5.41, 5.74) is 0. The van der Waals surface area contributed by atoms with Gasteiger partial charge in [0.1, 0.15) is 17.5 Å². The first kappa shape index (κ1) is 14.6. The molecule has 1 atom stereocenters. The van der Waals surface area contributed by atoms with E-state index in [0.29, 0.717) is 12.0 Å². The Morgan fingerprint density at radius 2 is 1.81 bits per heavy atom. The first-order chi connectivity index (χ1) is 10.3. The highest BCUT2D eigenvalue weighted by atomic mass is 15.1. The monoisotopic (exact) mass is 288 g/mol. The van der Waals surface area contributed by atoms with Crippen LogP contribution in [0.25, 0.3) is 0 Å². The molecule has 1 heterocycles. The lowest BCUT2D eigenvalue weighted by Crippen LogP contribution is -2.28. The molecule has 1 unspecified atom stereocenters. The smallest absolute Gasteiger partial charge is 0.136 e. The van der Waals surface area contributed by atoms with E-state index in [4.69, 9.17) is 4.98 Å². The zero-order chi connectivity index (χ0) is 14.7. The van der Waals surface area contributed by atoms with Gasteiger partial charge < -0.3 is 10.6 Å². The summed E-state index contributed by atoms with van der Waals surface area (Å²) >= 11 is 0. The van der Waals surface area contributed by atoms with Crippen LogP contribution in [0.15, 0.2) is 6.07 Å². The SMILES string of the molecule is CCNc1cc(NC(C)C2CCCCC2)nc(C2CC2)n1. The highest BCUT2D eigenvalue weighted by Gasteiger charge is 2.28. The fraction of sp³-hybridized carbons (Fsp3) is 0.765. The molecule has 1 aromatic heterocycles. The summed E-state index contributed by atoms with van der Waals surface area (Å²) in [5.74, 6) is 4.37. The summed E-state index contributed by atoms with van der Waals surface area (Å²) in [6, 6.07) is 2.57. The zero-order valence-electron chi connectivity index (χ0n) is 13.4. The fourth-order valence-electron chi connectivity index (χ4n) is 3.32. The molecule has 116 valence electrons. The van der Waals surface area contributed by atoms with Gasteiger partial charge in [-0.05, 0) is 45.4 Å². The maximum absolute atomic E-state index is 4.75. The van der Waals surface area contributed by atoms with Gasteiger partial charge in [-0.2, -0.15) is 0 Å². The number of hydrogen-bond donors (Lipinski definition) is 2. The maximum Gasteiger partial charge on any atom is 0.136 e. The highest BCUT2D eigenvalue weighted by molar-refractivity contribution is 5.48. The maximum atomic E-state index is 4.75. The van der Waals surface area contributed by atoms with Crippen LogP contribution in [0.2, 0.25) is 0 Å². The van der Waals surface area contributed by atoms with E-state index in [2.05, 4.69) is 35.5 Å². The fourth-order valence-corrected chi connectivity index (χ4v) is 3.32. The van der Waals surface area contributed by atoms with E-state index in [1.54, 1.807) is 0 Å². The van der Waals surface area contributed by atoms with Crippen molar-refractivity contribution in [3.05, 3.63) is 11.9 Å². The second kappa shape index (κ2) is 6.63. The van der Waals surface area contributed by atoms with Gasteiger partial charge >= 0.3 is 0 Å². The molecule has 0 aromatic carbocycles. The minimum Gasteiger partial charge on any atom is -0.370 e. The van der Waals surface area contributed by atoms with Crippen molar-refractivity contribution < 1.29 is 0 Å². The van der Waals surface area contributed by atoms with Gasteiger partial charge in [-0.1, -0.05) is 19.3 Å². The first-order valence-electron chi connectivity index (χ1n) is 8.65. The van der Waals surface area contributed by atoms with E-state index in [1.165, 1.54) is 44.9 Å². The largest absolute Gasteiger partial charge is 0.370 e. The molecule has 3 rings (SSSR count). The molecular formula is C17H28N4. The molecule has 2 aliphatic rings. The number of rotatable bonds is 6. The van der Waals surface area contributed by atoms with Crippen molar-refractivity contribution in [1.82, 2.24) is 9.97 Å². The predicted molar refractivity (Wildman–Crippen MR) is 87.8 cm³/mol. The highest BCUT2D eigenvalue weighted by Crippen LogP contribution is 2.39. The third kappa shape index (κ3) is 3.86. The van der Waals surface area contributed by atoms with Crippen molar-refractivity contribution in [2.24, 2.45) is 5.92 Å². The lowest BCUT2D eigenvalue weighted by Gasteiger charge is -2.28. The van der Waals surface area contributed by atoms with Crippen molar-refractivity contribution >= 4 is 11.6 Å². The van der Waals surface area contributed by atoms with E-state index in [9.17, 15) is 0 Å². The molecule has 2 saturated carbocycles. The molecule has 1 aromatic rings. The van der Waals surface area contributed by atoms with Gasteiger partial charge in [0.15, 0.2) is 0 Å². The molecule has 2 N–H and O–H groups in total. The number of hydrogen-bond acceptors (Lipinski definition) is 4. The van der Waals surface area contributed by atoms with Crippen LogP contribution in [0.5, 0.6) is 0 Å². The standard InChI is InChI=1S/C17H28N4/c1-3-18-15-11-16(21-17(20-15)14-9-10-14)19-12(2)13-7-5-4-6-8-13/h11-14H,3-10H2,1-2H3,(H2,18,19,20,21). The third-order valence-corrected chi connectivity index (χ3v) is 4.78. The van der Waals surface area contributed by atoms with Crippen LogP contribution in [0.4, 0.5) is 11.6 Å². The van der Waals surface area contributed by atoms with Crippen molar-refractivity contribution in [1.29, 1.82) is 0 Å². The second-order valence-corrected chi connectivity index (χ2v) is 6.63. The lowest BCUT2D eigenvalue weighted by molar-refractivity contribution is 0.328. The molecule has 0 amide bonds. The molecule has 0 aliphatic heterocycles. The van der Waals surface area contributed by atoms with Crippen LogP contribution in [0, 0.1) is 5.92 Å². The minimum atomic E-state index is 0.502. The van der Waals surface area contributed by atoms with E-state index >= 15 is 0 Å². The van der Waals surface area contributed by atoms with E-state index < -0.39 is 0 Å². The summed E-state index contributed by atoms with van der Waals surface area (Å²) in [5, 5.41) is 6.97. The quantitative estimate of drug-likeness (QED) is 0.825. The van der Waals surface area contributed by atoms with Crippen molar-refractivity contribution in [3.8, 4) is 0 Å². The molecule has 2 fully saturated rings. The molecule has 21 heavy (non-hydrogen) atoms. The molecule has 0 spiro atoms.